The van der Waals surface area contributed by atoms with Crippen molar-refractivity contribution in [3.05, 3.63) is 0 Å². The lowest BCUT2D eigenvalue weighted by molar-refractivity contribution is -0.143. The summed E-state index contributed by atoms with van der Waals surface area (Å²) in [4.78, 5) is 17.3. The summed E-state index contributed by atoms with van der Waals surface area (Å²) in [5.41, 5.74) is 0. The molecule has 0 bridgehead atoms. The van der Waals surface area contributed by atoms with Crippen molar-refractivity contribution in [2.75, 3.05) is 52.5 Å². The van der Waals surface area contributed by atoms with Gasteiger partial charge in [0.2, 0.25) is 0 Å². The zero-order valence-corrected chi connectivity index (χ0v) is 31.8. The average molecular weight is 653 g/mol. The van der Waals surface area contributed by atoms with Crippen LogP contribution in [0.15, 0.2) is 0 Å². The molecule has 276 valence electrons. The first-order chi connectivity index (χ1) is 22.7. The summed E-state index contributed by atoms with van der Waals surface area (Å²) in [6, 6.07) is 0. The number of unbranched alkanes of at least 4 members (excludes halogenated alkanes) is 24. The third kappa shape index (κ3) is 34.7. The second-order valence-corrected chi connectivity index (χ2v) is 14.2. The first kappa shape index (κ1) is 45.3. The summed E-state index contributed by atoms with van der Waals surface area (Å²) < 4.78 is 5.46. The summed E-state index contributed by atoms with van der Waals surface area (Å²) in [5, 5.41) is 9.72. The van der Waals surface area contributed by atoms with Gasteiger partial charge in [-0.2, -0.15) is 0 Å². The number of esters is 1. The first-order valence-corrected chi connectivity index (χ1v) is 20.9. The molecule has 0 amide bonds. The Bertz CT molecular complexity index is 588. The highest BCUT2D eigenvalue weighted by Crippen LogP contribution is 2.13. The standard InChI is InChI=1S/C41H84N2O3/c1-4-7-10-13-15-17-19-21-23-28-33-42(34-30-26-27-32-41(45)46-40-31-25-12-9-6-3)36-37-43(38-39-44)35-29-24-22-20-18-16-14-11-8-5-2/h44H,4-40H2,1-3H3. The number of carbonyl (C=O) groups is 1. The number of hydrogen-bond donors (Lipinski definition) is 1. The van der Waals surface area contributed by atoms with Crippen LogP contribution in [0.2, 0.25) is 0 Å². The lowest BCUT2D eigenvalue weighted by Gasteiger charge is -2.27. The van der Waals surface area contributed by atoms with Gasteiger partial charge in [0.1, 0.15) is 0 Å². The molecule has 0 spiro atoms. The molecule has 0 aliphatic heterocycles. The third-order valence-electron chi connectivity index (χ3n) is 9.67. The normalized spacial score (nSPS) is 11.7. The largest absolute Gasteiger partial charge is 0.466 e. The van der Waals surface area contributed by atoms with Gasteiger partial charge < -0.3 is 14.7 Å². The Hall–Kier alpha value is -0.650. The van der Waals surface area contributed by atoms with Crippen LogP contribution in [0.25, 0.3) is 0 Å². The van der Waals surface area contributed by atoms with Crippen LogP contribution in [-0.2, 0) is 9.53 Å². The highest BCUT2D eigenvalue weighted by molar-refractivity contribution is 5.69. The molecule has 0 aromatic rings. The Balaban J connectivity index is 4.36. The van der Waals surface area contributed by atoms with Crippen molar-refractivity contribution in [2.24, 2.45) is 0 Å². The Morgan fingerprint density at radius 2 is 0.739 bits per heavy atom. The molecular weight excluding hydrogens is 568 g/mol. The molecule has 46 heavy (non-hydrogen) atoms. The fraction of sp³-hybridized carbons (Fsp3) is 0.976. The maximum Gasteiger partial charge on any atom is 0.305 e. The van der Waals surface area contributed by atoms with E-state index in [0.717, 1.165) is 58.4 Å². The fourth-order valence-electron chi connectivity index (χ4n) is 6.49. The molecule has 0 aromatic heterocycles. The number of aliphatic hydroxyl groups is 1. The Kier molecular flexibility index (Phi) is 38.2. The van der Waals surface area contributed by atoms with Gasteiger partial charge in [-0.1, -0.05) is 168 Å². The van der Waals surface area contributed by atoms with Crippen molar-refractivity contribution in [1.29, 1.82) is 0 Å². The molecule has 0 unspecified atom stereocenters. The number of carbonyl (C=O) groups excluding carboxylic acids is 1. The molecule has 0 aliphatic rings. The van der Waals surface area contributed by atoms with Gasteiger partial charge in [-0.25, -0.2) is 0 Å². The highest BCUT2D eigenvalue weighted by atomic mass is 16.5. The van der Waals surface area contributed by atoms with Crippen LogP contribution in [-0.4, -0.2) is 73.4 Å². The Morgan fingerprint density at radius 1 is 0.413 bits per heavy atom. The van der Waals surface area contributed by atoms with E-state index >= 15 is 0 Å². The van der Waals surface area contributed by atoms with Crippen molar-refractivity contribution in [3.8, 4) is 0 Å². The van der Waals surface area contributed by atoms with E-state index in [1.807, 2.05) is 0 Å². The minimum atomic E-state index is -0.00988. The molecule has 1 N–H and O–H groups in total. The van der Waals surface area contributed by atoms with Crippen molar-refractivity contribution < 1.29 is 14.6 Å². The average Bonchev–Trinajstić information content (AvgIpc) is 3.06. The number of ether oxygens (including phenoxy) is 1. The summed E-state index contributed by atoms with van der Waals surface area (Å²) in [7, 11) is 0. The van der Waals surface area contributed by atoms with Crippen LogP contribution in [0, 0.1) is 0 Å². The van der Waals surface area contributed by atoms with Gasteiger partial charge in [-0.3, -0.25) is 9.69 Å². The lowest BCUT2D eigenvalue weighted by Crippen LogP contribution is -2.38. The summed E-state index contributed by atoms with van der Waals surface area (Å²) >= 11 is 0. The zero-order valence-electron chi connectivity index (χ0n) is 31.8. The van der Waals surface area contributed by atoms with Crippen LogP contribution >= 0.6 is 0 Å². The molecule has 0 atom stereocenters. The summed E-state index contributed by atoms with van der Waals surface area (Å²) in [5.74, 6) is -0.00988. The number of aliphatic hydroxyl groups excluding tert-OH is 1. The number of rotatable bonds is 39. The SMILES string of the molecule is CCCCCCCCCCCCN(CCO)CCN(CCCCCCCCCCCC)CCCCCC(=O)OCCCCCCC. The molecule has 0 rings (SSSR count). The van der Waals surface area contributed by atoms with Crippen LogP contribution < -0.4 is 0 Å². The van der Waals surface area contributed by atoms with Crippen LogP contribution in [0.1, 0.15) is 207 Å². The van der Waals surface area contributed by atoms with E-state index in [4.69, 9.17) is 4.74 Å². The van der Waals surface area contributed by atoms with Crippen molar-refractivity contribution in [1.82, 2.24) is 9.80 Å². The maximum atomic E-state index is 12.1. The second kappa shape index (κ2) is 38.8. The zero-order chi connectivity index (χ0) is 33.6. The van der Waals surface area contributed by atoms with Crippen LogP contribution in [0.4, 0.5) is 0 Å². The van der Waals surface area contributed by atoms with E-state index in [9.17, 15) is 9.90 Å². The topological polar surface area (TPSA) is 53.0 Å². The van der Waals surface area contributed by atoms with E-state index in [1.54, 1.807) is 0 Å². The fourth-order valence-corrected chi connectivity index (χ4v) is 6.49. The van der Waals surface area contributed by atoms with Gasteiger partial charge in [0.05, 0.1) is 13.2 Å². The lowest BCUT2D eigenvalue weighted by atomic mass is 10.1. The van der Waals surface area contributed by atoms with Gasteiger partial charge in [-0.15, -0.1) is 0 Å². The maximum absolute atomic E-state index is 12.1. The summed E-state index contributed by atoms with van der Waals surface area (Å²) in [6.07, 6.45) is 37.2. The van der Waals surface area contributed by atoms with Gasteiger partial charge in [0.15, 0.2) is 0 Å². The van der Waals surface area contributed by atoms with Crippen molar-refractivity contribution in [2.45, 2.75) is 207 Å². The first-order valence-electron chi connectivity index (χ1n) is 20.9. The molecule has 0 saturated carbocycles. The smallest absolute Gasteiger partial charge is 0.305 e. The third-order valence-corrected chi connectivity index (χ3v) is 9.67. The van der Waals surface area contributed by atoms with E-state index in [-0.39, 0.29) is 12.6 Å². The molecule has 5 heteroatoms. The minimum Gasteiger partial charge on any atom is -0.466 e. The number of nitrogens with zero attached hydrogens (tertiary/aromatic N) is 2. The molecule has 0 aliphatic carbocycles. The summed E-state index contributed by atoms with van der Waals surface area (Å²) in [6.45, 7) is 14.0. The molecule has 0 saturated heterocycles. The molecule has 0 heterocycles. The van der Waals surface area contributed by atoms with Gasteiger partial charge in [0.25, 0.3) is 0 Å². The van der Waals surface area contributed by atoms with Crippen molar-refractivity contribution in [3.63, 3.8) is 0 Å². The predicted octanol–water partition coefficient (Wildman–Crippen LogP) is 11.5. The van der Waals surface area contributed by atoms with E-state index in [2.05, 4.69) is 30.6 Å². The van der Waals surface area contributed by atoms with Crippen LogP contribution in [0.5, 0.6) is 0 Å². The van der Waals surface area contributed by atoms with Gasteiger partial charge >= 0.3 is 5.97 Å². The number of hydrogen-bond acceptors (Lipinski definition) is 5. The molecule has 0 fully saturated rings. The van der Waals surface area contributed by atoms with E-state index in [1.165, 1.54) is 161 Å². The van der Waals surface area contributed by atoms with Gasteiger partial charge in [-0.05, 0) is 51.7 Å². The monoisotopic (exact) mass is 653 g/mol. The Labute approximate surface area is 289 Å². The van der Waals surface area contributed by atoms with E-state index in [0.29, 0.717) is 13.0 Å². The quantitative estimate of drug-likeness (QED) is 0.0529. The van der Waals surface area contributed by atoms with Gasteiger partial charge in [0, 0.05) is 26.1 Å². The van der Waals surface area contributed by atoms with Crippen molar-refractivity contribution >= 4 is 5.97 Å². The second-order valence-electron chi connectivity index (χ2n) is 14.2. The molecule has 5 nitrogen and oxygen atoms in total. The van der Waals surface area contributed by atoms with E-state index < -0.39 is 0 Å². The highest BCUT2D eigenvalue weighted by Gasteiger charge is 2.10. The molecular formula is C41H84N2O3. The minimum absolute atomic E-state index is 0.00988. The Morgan fingerprint density at radius 3 is 1.13 bits per heavy atom. The van der Waals surface area contributed by atoms with Crippen LogP contribution in [0.3, 0.4) is 0 Å². The predicted molar refractivity (Wildman–Crippen MR) is 202 cm³/mol. The molecule has 0 aromatic carbocycles. The molecule has 0 radical (unpaired) electrons.